The molecule has 0 aliphatic heterocycles. The lowest BCUT2D eigenvalue weighted by atomic mass is 9.84. The Morgan fingerprint density at radius 1 is 1.27 bits per heavy atom. The van der Waals surface area contributed by atoms with E-state index in [1.165, 1.54) is 22.1 Å². The van der Waals surface area contributed by atoms with E-state index < -0.39 is 46.7 Å². The van der Waals surface area contributed by atoms with E-state index >= 15 is 0 Å². The Bertz CT molecular complexity index is 1420. The molecule has 1 unspecified atom stereocenters. The van der Waals surface area contributed by atoms with Crippen LogP contribution in [0.1, 0.15) is 53.1 Å². The van der Waals surface area contributed by atoms with Crippen molar-refractivity contribution in [3.05, 3.63) is 27.1 Å². The first-order valence-corrected chi connectivity index (χ1v) is 16.0. The van der Waals surface area contributed by atoms with Crippen LogP contribution in [0, 0.1) is 17.8 Å². The van der Waals surface area contributed by atoms with E-state index in [9.17, 15) is 35.2 Å². The molecule has 3 aliphatic rings. The van der Waals surface area contributed by atoms with Crippen molar-refractivity contribution in [2.45, 2.75) is 81.4 Å². The Balaban J connectivity index is 1.33. The summed E-state index contributed by atoms with van der Waals surface area (Å²) in [5.74, 6) is -5.80. The van der Waals surface area contributed by atoms with E-state index in [0.29, 0.717) is 46.7 Å². The first kappa shape index (κ1) is 29.6. The fourth-order valence-electron chi connectivity index (χ4n) is 5.75. The van der Waals surface area contributed by atoms with Gasteiger partial charge in [-0.25, -0.2) is 21.6 Å². The predicted octanol–water partition coefficient (Wildman–Crippen LogP) is 5.48. The minimum absolute atomic E-state index is 0.00352. The van der Waals surface area contributed by atoms with Crippen LogP contribution in [0.15, 0.2) is 11.0 Å². The quantitative estimate of drug-likeness (QED) is 0.230. The van der Waals surface area contributed by atoms with Crippen LogP contribution in [0.3, 0.4) is 0 Å². The van der Waals surface area contributed by atoms with Gasteiger partial charge in [0.2, 0.25) is 5.88 Å². The van der Waals surface area contributed by atoms with Crippen LogP contribution >= 0.6 is 23.6 Å². The second kappa shape index (κ2) is 11.0. The number of carbonyl (C=O) groups excluding carboxylic acids is 1. The van der Waals surface area contributed by atoms with E-state index in [1.54, 1.807) is 7.05 Å². The van der Waals surface area contributed by atoms with Crippen molar-refractivity contribution in [3.63, 3.8) is 0 Å². The van der Waals surface area contributed by atoms with Crippen LogP contribution < -0.4 is 4.74 Å². The lowest BCUT2D eigenvalue weighted by Crippen LogP contribution is -2.31. The lowest BCUT2D eigenvalue weighted by molar-refractivity contribution is -0.121. The molecule has 2 saturated carbocycles. The number of hydrogen-bond acceptors (Lipinski definition) is 7. The van der Waals surface area contributed by atoms with Gasteiger partial charge >= 0.3 is 6.61 Å². The average molecular weight is 625 g/mol. The molecule has 2 atom stereocenters. The van der Waals surface area contributed by atoms with Crippen molar-refractivity contribution in [3.8, 4) is 5.88 Å². The SMILES string of the molecule is Cn1nc(OC(F)F)cc1CC(=S)C[C@H]1CCc2sc(CC(=O)C3CC3(F)F)c(S(=O)(=O)CC3CC(F)C3)c2C1. The summed E-state index contributed by atoms with van der Waals surface area (Å²) in [6.45, 7) is -2.99. The molecule has 0 spiro atoms. The van der Waals surface area contributed by atoms with Gasteiger partial charge in [0, 0.05) is 47.8 Å². The van der Waals surface area contributed by atoms with Gasteiger partial charge in [-0.15, -0.1) is 16.4 Å². The molecule has 0 bridgehead atoms. The molecule has 0 amide bonds. The van der Waals surface area contributed by atoms with Gasteiger partial charge in [0.05, 0.1) is 16.6 Å². The number of nitrogens with zero attached hydrogens (tertiary/aromatic N) is 2. The van der Waals surface area contributed by atoms with Gasteiger partial charge in [0.15, 0.2) is 9.84 Å². The molecule has 0 radical (unpaired) electrons. The normalized spacial score (nSPS) is 25.4. The van der Waals surface area contributed by atoms with E-state index in [-0.39, 0.29) is 47.6 Å². The van der Waals surface area contributed by atoms with Gasteiger partial charge in [-0.3, -0.25) is 9.48 Å². The summed E-state index contributed by atoms with van der Waals surface area (Å²) in [4.78, 5) is 14.5. The molecule has 2 fully saturated rings. The molecule has 0 saturated heterocycles. The first-order chi connectivity index (χ1) is 18.7. The third-order valence-corrected chi connectivity index (χ3v) is 11.7. The summed E-state index contributed by atoms with van der Waals surface area (Å²) >= 11 is 6.80. The maximum atomic E-state index is 13.6. The van der Waals surface area contributed by atoms with Crippen molar-refractivity contribution in [1.82, 2.24) is 9.78 Å². The standard InChI is InChI=1S/C26H29F5N2O4S3/c1-33-16(9-23(32-33)37-25(28)29)8-17(38)6-13-2-3-21-18(7-13)24(40(35,36)12-14-4-15(27)5-14)22(39-21)10-20(34)19-11-26(19,30)31/h9,13-15,19,25H,2-8,10-12H2,1H3/t13-,14?,15?,19?/m1/s1. The lowest BCUT2D eigenvalue weighted by Gasteiger charge is -2.29. The van der Waals surface area contributed by atoms with Crippen molar-refractivity contribution in [1.29, 1.82) is 0 Å². The van der Waals surface area contributed by atoms with Gasteiger partial charge in [-0.2, -0.15) is 8.78 Å². The van der Waals surface area contributed by atoms with Crippen LogP contribution in [-0.2, 0) is 47.4 Å². The van der Waals surface area contributed by atoms with Crippen molar-refractivity contribution in [2.24, 2.45) is 24.8 Å². The molecule has 5 rings (SSSR count). The van der Waals surface area contributed by atoms with Gasteiger partial charge in [-0.1, -0.05) is 12.2 Å². The number of aryl methyl sites for hydroxylation is 2. The molecular weight excluding hydrogens is 595 g/mol. The molecule has 2 aromatic rings. The second-order valence-electron chi connectivity index (χ2n) is 11.1. The summed E-state index contributed by atoms with van der Waals surface area (Å²) in [6.07, 6.45) is 0.927. The number of alkyl halides is 5. The number of Topliss-reactive ketones (excluding diaryl/α,β-unsaturated/α-hetero) is 1. The zero-order chi connectivity index (χ0) is 29.0. The predicted molar refractivity (Wildman–Crippen MR) is 142 cm³/mol. The summed E-state index contributed by atoms with van der Waals surface area (Å²) in [5.41, 5.74) is 1.22. The van der Waals surface area contributed by atoms with Crippen LogP contribution in [0.4, 0.5) is 22.0 Å². The molecule has 2 heterocycles. The zero-order valence-corrected chi connectivity index (χ0v) is 24.1. The highest BCUT2D eigenvalue weighted by Gasteiger charge is 2.60. The Labute approximate surface area is 238 Å². The molecule has 40 heavy (non-hydrogen) atoms. The van der Waals surface area contributed by atoms with E-state index in [1.807, 2.05) is 0 Å². The first-order valence-electron chi connectivity index (χ1n) is 13.1. The highest BCUT2D eigenvalue weighted by Crippen LogP contribution is 2.50. The minimum Gasteiger partial charge on any atom is -0.415 e. The highest BCUT2D eigenvalue weighted by atomic mass is 32.2. The zero-order valence-electron chi connectivity index (χ0n) is 21.7. The van der Waals surface area contributed by atoms with Gasteiger partial charge < -0.3 is 4.74 Å². The minimum atomic E-state index is -3.88. The van der Waals surface area contributed by atoms with Gasteiger partial charge in [0.1, 0.15) is 12.0 Å². The number of rotatable bonds is 12. The number of ether oxygens (including phenoxy) is 1. The fraction of sp³-hybridized carbons (Fsp3) is 0.654. The summed E-state index contributed by atoms with van der Waals surface area (Å²) in [5, 5.41) is 3.90. The second-order valence-corrected chi connectivity index (χ2v) is 14.9. The molecule has 6 nitrogen and oxygen atoms in total. The molecule has 0 N–H and O–H groups in total. The maximum absolute atomic E-state index is 13.6. The number of ketones is 1. The van der Waals surface area contributed by atoms with Crippen LogP contribution in [0.25, 0.3) is 0 Å². The molecule has 14 heteroatoms. The number of hydrogen-bond donors (Lipinski definition) is 0. The number of fused-ring (bicyclic) bond motifs is 1. The molecular formula is C26H29F5N2O4S3. The Kier molecular flexibility index (Phi) is 8.16. The van der Waals surface area contributed by atoms with Gasteiger partial charge in [0.25, 0.3) is 5.92 Å². The maximum Gasteiger partial charge on any atom is 0.388 e. The molecule has 3 aliphatic carbocycles. The summed E-state index contributed by atoms with van der Waals surface area (Å²) in [6, 6.07) is 1.40. The third kappa shape index (κ3) is 6.43. The molecule has 0 aromatic carbocycles. The number of carbonyl (C=O) groups is 1. The number of thiocarbonyl (C=S) groups is 1. The van der Waals surface area contributed by atoms with Crippen molar-refractivity contribution >= 4 is 44.0 Å². The monoisotopic (exact) mass is 624 g/mol. The topological polar surface area (TPSA) is 78.3 Å². The Hall–Kier alpha value is -1.93. The van der Waals surface area contributed by atoms with Crippen molar-refractivity contribution in [2.75, 3.05) is 5.75 Å². The molecule has 2 aromatic heterocycles. The largest absolute Gasteiger partial charge is 0.415 e. The highest BCUT2D eigenvalue weighted by molar-refractivity contribution is 7.91. The summed E-state index contributed by atoms with van der Waals surface area (Å²) < 4.78 is 98.5. The van der Waals surface area contributed by atoms with Crippen LogP contribution in [0.2, 0.25) is 0 Å². The number of halogens is 5. The summed E-state index contributed by atoms with van der Waals surface area (Å²) in [7, 11) is -2.28. The van der Waals surface area contributed by atoms with E-state index in [4.69, 9.17) is 12.2 Å². The van der Waals surface area contributed by atoms with E-state index in [2.05, 4.69) is 9.84 Å². The fourth-order valence-corrected chi connectivity index (χ4v) is 10.0. The third-order valence-electron chi connectivity index (χ3n) is 7.94. The number of thiophene rings is 1. The van der Waals surface area contributed by atoms with Crippen LogP contribution in [0.5, 0.6) is 5.88 Å². The Morgan fingerprint density at radius 2 is 1.98 bits per heavy atom. The molecule has 220 valence electrons. The Morgan fingerprint density at radius 3 is 2.60 bits per heavy atom. The van der Waals surface area contributed by atoms with E-state index in [0.717, 1.165) is 11.3 Å². The van der Waals surface area contributed by atoms with Crippen LogP contribution in [-0.4, -0.2) is 53.3 Å². The van der Waals surface area contributed by atoms with Gasteiger partial charge in [-0.05, 0) is 60.8 Å². The number of aromatic nitrogens is 2. The smallest absolute Gasteiger partial charge is 0.388 e. The average Bonchev–Trinajstić information content (AvgIpc) is 3.11. The van der Waals surface area contributed by atoms with Crippen molar-refractivity contribution < 1.29 is 39.9 Å². The number of sulfone groups is 1.